The topological polar surface area (TPSA) is 58.5 Å². The first-order chi connectivity index (χ1) is 14.6. The lowest BCUT2D eigenvalue weighted by Gasteiger charge is -2.35. The summed E-state index contributed by atoms with van der Waals surface area (Å²) >= 11 is 0. The van der Waals surface area contributed by atoms with Gasteiger partial charge in [-0.3, -0.25) is 9.59 Å². The largest absolute Gasteiger partial charge is 0.341 e. The summed E-state index contributed by atoms with van der Waals surface area (Å²) < 4.78 is 0. The molecular weight excluding hydrogens is 384 g/mol. The molecule has 1 aliphatic rings. The highest BCUT2D eigenvalue weighted by molar-refractivity contribution is 6.41. The van der Waals surface area contributed by atoms with Crippen LogP contribution in [0, 0.1) is 23.2 Å². The monoisotopic (exact) mass is 424 g/mol. The predicted molar refractivity (Wildman–Crippen MR) is 130 cm³/mol. The summed E-state index contributed by atoms with van der Waals surface area (Å²) in [6, 6.07) is 9.53. The maximum Gasteiger partial charge on any atom is 0.266 e. The molecule has 1 aromatic rings. The molecule has 0 fully saturated rings. The molecule has 0 radical (unpaired) electrons. The number of benzene rings is 1. The number of rotatable bonds is 9. The first-order valence-electron chi connectivity index (χ1n) is 11.8. The molecule has 4 unspecified atom stereocenters. The average molecular weight is 425 g/mol. The van der Waals surface area contributed by atoms with Crippen LogP contribution in [0.2, 0.25) is 0 Å². The number of hydrogen-bond donors (Lipinski definition) is 1. The smallest absolute Gasteiger partial charge is 0.266 e. The Kier molecular flexibility index (Phi) is 8.79. The quantitative estimate of drug-likeness (QED) is 0.523. The number of carbonyl (C=O) groups excluding carboxylic acids is 2. The second-order valence-corrected chi connectivity index (χ2v) is 9.87. The van der Waals surface area contributed by atoms with E-state index in [4.69, 9.17) is 4.99 Å². The molecule has 0 bridgehead atoms. The number of aliphatic imine (C=N–C) groups is 1. The highest BCUT2D eigenvalue weighted by atomic mass is 16.2. The summed E-state index contributed by atoms with van der Waals surface area (Å²) in [4.78, 5) is 31.1. The summed E-state index contributed by atoms with van der Waals surface area (Å²) in [6.07, 6.45) is 5.59. The number of nitrogens with one attached hydrogen (secondary N) is 1. The van der Waals surface area contributed by atoms with Crippen LogP contribution >= 0.6 is 0 Å². The van der Waals surface area contributed by atoms with Crippen LogP contribution in [0.25, 0.3) is 5.70 Å². The zero-order valence-corrected chi connectivity index (χ0v) is 20.4. The predicted octanol–water partition coefficient (Wildman–Crippen LogP) is 6.07. The van der Waals surface area contributed by atoms with Crippen molar-refractivity contribution >= 4 is 23.1 Å². The van der Waals surface area contributed by atoms with Gasteiger partial charge in [0, 0.05) is 12.3 Å². The molecule has 170 valence electrons. The first kappa shape index (κ1) is 25.0. The third kappa shape index (κ3) is 6.15. The molecule has 31 heavy (non-hydrogen) atoms. The van der Waals surface area contributed by atoms with Gasteiger partial charge in [0.2, 0.25) is 0 Å². The number of ketones is 1. The van der Waals surface area contributed by atoms with Crippen molar-refractivity contribution in [3.8, 4) is 0 Å². The van der Waals surface area contributed by atoms with Gasteiger partial charge in [-0.1, -0.05) is 97.7 Å². The van der Waals surface area contributed by atoms with Crippen molar-refractivity contribution < 1.29 is 9.59 Å². The molecular formula is C27H40N2O2. The Bertz CT molecular complexity index is 817. The van der Waals surface area contributed by atoms with Gasteiger partial charge in [0.05, 0.1) is 11.7 Å². The van der Waals surface area contributed by atoms with E-state index in [0.717, 1.165) is 30.5 Å². The molecule has 2 rings (SSSR count). The highest BCUT2D eigenvalue weighted by Crippen LogP contribution is 2.37. The fourth-order valence-corrected chi connectivity index (χ4v) is 4.38. The van der Waals surface area contributed by atoms with Gasteiger partial charge in [-0.05, 0) is 29.2 Å². The van der Waals surface area contributed by atoms with E-state index in [1.54, 1.807) is 0 Å². The van der Waals surface area contributed by atoms with Gasteiger partial charge in [-0.2, -0.15) is 0 Å². The van der Waals surface area contributed by atoms with Crippen LogP contribution in [-0.2, 0) is 9.59 Å². The van der Waals surface area contributed by atoms with Crippen LogP contribution in [0.5, 0.6) is 0 Å². The van der Waals surface area contributed by atoms with Crippen LogP contribution in [0.15, 0.2) is 41.4 Å². The summed E-state index contributed by atoms with van der Waals surface area (Å²) in [7, 11) is 0. The van der Waals surface area contributed by atoms with Gasteiger partial charge in [0.15, 0.2) is 5.78 Å². The van der Waals surface area contributed by atoms with Gasteiger partial charge in [-0.25, -0.2) is 4.99 Å². The second-order valence-electron chi connectivity index (χ2n) is 9.87. The van der Waals surface area contributed by atoms with Gasteiger partial charge < -0.3 is 5.32 Å². The van der Waals surface area contributed by atoms with Crippen LogP contribution in [0.3, 0.4) is 0 Å². The lowest BCUT2D eigenvalue weighted by atomic mass is 9.73. The molecule has 1 amide bonds. The Balaban J connectivity index is 2.50. The minimum Gasteiger partial charge on any atom is -0.341 e. The average Bonchev–Trinajstić information content (AvgIpc) is 2.76. The number of nitrogens with zero attached hydrogens (tertiary/aromatic N) is 1. The summed E-state index contributed by atoms with van der Waals surface area (Å²) in [5.41, 5.74) is 2.10. The molecule has 0 aromatic heterocycles. The van der Waals surface area contributed by atoms with Crippen LogP contribution < -0.4 is 5.32 Å². The van der Waals surface area contributed by atoms with E-state index < -0.39 is 6.04 Å². The maximum absolute atomic E-state index is 13.6. The summed E-state index contributed by atoms with van der Waals surface area (Å²) in [6.45, 7) is 14.4. The number of amides is 1. The molecule has 1 heterocycles. The standard InChI is InChI=1S/C27H40N2O2/c1-8-14-20-21(18(4)9-2)17-22(19-15-12-11-13-16-19)28-24(20)26(31)29-25(23(30)10-3)27(5,6)7/h11-13,15-18,20-21,25H,8-10,14H2,1-7H3,(H,29,31). The Morgan fingerprint density at radius 1 is 1.10 bits per heavy atom. The third-order valence-electron chi connectivity index (χ3n) is 6.42. The molecule has 1 aliphatic heterocycles. The summed E-state index contributed by atoms with van der Waals surface area (Å²) in [5, 5.41) is 3.07. The van der Waals surface area contributed by atoms with Crippen molar-refractivity contribution in [1.29, 1.82) is 0 Å². The fraction of sp³-hybridized carbons (Fsp3) is 0.593. The molecule has 4 heteroatoms. The van der Waals surface area contributed by atoms with Gasteiger partial charge in [0.25, 0.3) is 5.91 Å². The number of Topliss-reactive ketones (excluding diaryl/α,β-unsaturated/α-hetero) is 1. The lowest BCUT2D eigenvalue weighted by molar-refractivity contribution is -0.127. The van der Waals surface area contributed by atoms with Crippen LogP contribution in [-0.4, -0.2) is 23.4 Å². The maximum atomic E-state index is 13.6. The van der Waals surface area contributed by atoms with Gasteiger partial charge >= 0.3 is 0 Å². The van der Waals surface area contributed by atoms with E-state index in [0.29, 0.717) is 18.1 Å². The van der Waals surface area contributed by atoms with Crippen molar-refractivity contribution in [2.75, 3.05) is 0 Å². The van der Waals surface area contributed by atoms with E-state index in [9.17, 15) is 9.59 Å². The Hall–Kier alpha value is -2.23. The zero-order chi connectivity index (χ0) is 23.2. The molecule has 1 N–H and O–H groups in total. The normalized spacial score (nSPS) is 21.0. The first-order valence-corrected chi connectivity index (χ1v) is 11.8. The van der Waals surface area contributed by atoms with E-state index in [-0.39, 0.29) is 28.9 Å². The highest BCUT2D eigenvalue weighted by Gasteiger charge is 2.38. The van der Waals surface area contributed by atoms with Crippen molar-refractivity contribution in [3.05, 3.63) is 42.0 Å². The van der Waals surface area contributed by atoms with Crippen LogP contribution in [0.1, 0.15) is 79.7 Å². The molecule has 4 nitrogen and oxygen atoms in total. The third-order valence-corrected chi connectivity index (χ3v) is 6.42. The Morgan fingerprint density at radius 3 is 2.26 bits per heavy atom. The molecule has 1 aromatic carbocycles. The number of allylic oxidation sites excluding steroid dienone is 1. The minimum absolute atomic E-state index is 0.0570. The molecule has 4 atom stereocenters. The van der Waals surface area contributed by atoms with Crippen molar-refractivity contribution in [1.82, 2.24) is 5.32 Å². The van der Waals surface area contributed by atoms with E-state index in [1.165, 1.54) is 0 Å². The van der Waals surface area contributed by atoms with Crippen molar-refractivity contribution in [2.45, 2.75) is 80.2 Å². The molecule has 0 aliphatic carbocycles. The van der Waals surface area contributed by atoms with Crippen molar-refractivity contribution in [2.24, 2.45) is 28.2 Å². The van der Waals surface area contributed by atoms with Crippen molar-refractivity contribution in [3.63, 3.8) is 0 Å². The number of hydrogen-bond acceptors (Lipinski definition) is 3. The Morgan fingerprint density at radius 2 is 1.74 bits per heavy atom. The zero-order valence-electron chi connectivity index (χ0n) is 20.4. The van der Waals surface area contributed by atoms with E-state index >= 15 is 0 Å². The minimum atomic E-state index is -0.525. The lowest BCUT2D eigenvalue weighted by Crippen LogP contribution is -2.52. The molecule has 0 saturated carbocycles. The van der Waals surface area contributed by atoms with Crippen LogP contribution in [0.4, 0.5) is 0 Å². The SMILES string of the molecule is CCCC1C(C(=O)NC(C(=O)CC)C(C)(C)C)=NC(c2ccccc2)=CC1C(C)CC. The van der Waals surface area contributed by atoms with Gasteiger partial charge in [-0.15, -0.1) is 0 Å². The summed E-state index contributed by atoms with van der Waals surface area (Å²) in [5.74, 6) is 0.596. The molecule has 0 saturated heterocycles. The second kappa shape index (κ2) is 10.9. The van der Waals surface area contributed by atoms with E-state index in [1.807, 2.05) is 58.0 Å². The fourth-order valence-electron chi connectivity index (χ4n) is 4.38. The van der Waals surface area contributed by atoms with E-state index in [2.05, 4.69) is 32.2 Å². The Labute approximate surface area is 188 Å². The molecule has 0 spiro atoms. The number of carbonyl (C=O) groups is 2. The van der Waals surface area contributed by atoms with Gasteiger partial charge in [0.1, 0.15) is 5.71 Å².